The summed E-state index contributed by atoms with van der Waals surface area (Å²) in [6.45, 7) is 3.13. The lowest BCUT2D eigenvalue weighted by atomic mass is 10.2. The minimum absolute atomic E-state index is 0.757. The normalized spacial score (nSPS) is 10.3. The molecule has 0 aliphatic heterocycles. The summed E-state index contributed by atoms with van der Waals surface area (Å²) in [6, 6.07) is 15.8. The molecule has 0 atom stereocenters. The monoisotopic (exact) mass is 260 g/mol. The molecule has 18 heavy (non-hydrogen) atoms. The standard InChI is InChI=1S/C15H17ClN2/c1-2-11-18(14-7-3-12(16)4-8-14)15-9-5-13(17)6-10-15/h3-10H,2,11,17H2,1H3. The maximum atomic E-state index is 5.93. The van der Waals surface area contributed by atoms with Crippen molar-refractivity contribution in [1.29, 1.82) is 0 Å². The van der Waals surface area contributed by atoms with Gasteiger partial charge < -0.3 is 10.6 Å². The summed E-state index contributed by atoms with van der Waals surface area (Å²) in [5, 5.41) is 0.757. The molecule has 0 aromatic heterocycles. The van der Waals surface area contributed by atoms with Gasteiger partial charge >= 0.3 is 0 Å². The third kappa shape index (κ3) is 2.96. The zero-order valence-electron chi connectivity index (χ0n) is 10.4. The average Bonchev–Trinajstić information content (AvgIpc) is 2.39. The van der Waals surface area contributed by atoms with E-state index in [0.29, 0.717) is 0 Å². The molecule has 0 unspecified atom stereocenters. The highest BCUT2D eigenvalue weighted by Gasteiger charge is 2.07. The molecule has 2 N–H and O–H groups in total. The molecule has 0 heterocycles. The van der Waals surface area contributed by atoms with Gasteiger partial charge in [0.15, 0.2) is 0 Å². The first-order valence-electron chi connectivity index (χ1n) is 6.09. The van der Waals surface area contributed by atoms with Crippen molar-refractivity contribution < 1.29 is 0 Å². The fourth-order valence-electron chi connectivity index (χ4n) is 1.91. The van der Waals surface area contributed by atoms with E-state index in [0.717, 1.165) is 35.1 Å². The Hall–Kier alpha value is -1.67. The summed E-state index contributed by atoms with van der Waals surface area (Å²) < 4.78 is 0. The van der Waals surface area contributed by atoms with Crippen molar-refractivity contribution in [3.63, 3.8) is 0 Å². The third-order valence-electron chi connectivity index (χ3n) is 2.79. The Morgan fingerprint density at radius 3 is 1.94 bits per heavy atom. The van der Waals surface area contributed by atoms with E-state index < -0.39 is 0 Å². The molecule has 2 rings (SSSR count). The minimum atomic E-state index is 0.757. The number of rotatable bonds is 4. The lowest BCUT2D eigenvalue weighted by Gasteiger charge is -2.24. The molecule has 0 aliphatic carbocycles. The molecule has 0 fully saturated rings. The van der Waals surface area contributed by atoms with Crippen LogP contribution in [0.5, 0.6) is 0 Å². The van der Waals surface area contributed by atoms with Gasteiger partial charge in [-0.2, -0.15) is 0 Å². The summed E-state index contributed by atoms with van der Waals surface area (Å²) in [7, 11) is 0. The predicted octanol–water partition coefficient (Wildman–Crippen LogP) is 4.47. The first kappa shape index (κ1) is 12.8. The average molecular weight is 261 g/mol. The van der Waals surface area contributed by atoms with Crippen LogP contribution in [-0.4, -0.2) is 6.54 Å². The van der Waals surface area contributed by atoms with Crippen LogP contribution in [0, 0.1) is 0 Å². The van der Waals surface area contributed by atoms with Crippen LogP contribution < -0.4 is 10.6 Å². The Morgan fingerprint density at radius 1 is 0.944 bits per heavy atom. The van der Waals surface area contributed by atoms with Crippen molar-refractivity contribution in [1.82, 2.24) is 0 Å². The molecule has 0 bridgehead atoms. The van der Waals surface area contributed by atoms with Gasteiger partial charge in [-0.05, 0) is 55.0 Å². The highest BCUT2D eigenvalue weighted by atomic mass is 35.5. The highest BCUT2D eigenvalue weighted by Crippen LogP contribution is 2.27. The van der Waals surface area contributed by atoms with Crippen LogP contribution in [-0.2, 0) is 0 Å². The highest BCUT2D eigenvalue weighted by molar-refractivity contribution is 6.30. The lowest BCUT2D eigenvalue weighted by molar-refractivity contribution is 0.886. The maximum Gasteiger partial charge on any atom is 0.0412 e. The molecule has 2 aromatic rings. The summed E-state index contributed by atoms with van der Waals surface area (Å²) in [4.78, 5) is 2.26. The largest absolute Gasteiger partial charge is 0.399 e. The SMILES string of the molecule is CCCN(c1ccc(N)cc1)c1ccc(Cl)cc1. The van der Waals surface area contributed by atoms with Crippen LogP contribution in [0.15, 0.2) is 48.5 Å². The molecule has 0 radical (unpaired) electrons. The molecule has 3 heteroatoms. The Bertz CT molecular complexity index is 445. The first-order chi connectivity index (χ1) is 8.70. The quantitative estimate of drug-likeness (QED) is 0.822. The molecule has 94 valence electrons. The van der Waals surface area contributed by atoms with Gasteiger partial charge in [0.2, 0.25) is 0 Å². The summed E-state index contributed by atoms with van der Waals surface area (Å²) in [6.07, 6.45) is 1.08. The predicted molar refractivity (Wildman–Crippen MR) is 79.6 cm³/mol. The van der Waals surface area contributed by atoms with E-state index >= 15 is 0 Å². The van der Waals surface area contributed by atoms with Gasteiger partial charge in [0.1, 0.15) is 0 Å². The van der Waals surface area contributed by atoms with Gasteiger partial charge in [-0.3, -0.25) is 0 Å². The number of nitrogens with zero attached hydrogens (tertiary/aromatic N) is 1. The molecule has 0 aliphatic rings. The second-order valence-corrected chi connectivity index (χ2v) is 4.66. The molecular weight excluding hydrogens is 244 g/mol. The third-order valence-corrected chi connectivity index (χ3v) is 3.04. The van der Waals surface area contributed by atoms with E-state index in [1.807, 2.05) is 48.5 Å². The number of nitrogens with two attached hydrogens (primary N) is 1. The van der Waals surface area contributed by atoms with E-state index in [1.54, 1.807) is 0 Å². The number of anilines is 3. The molecule has 0 saturated carbocycles. The molecular formula is C15H17ClN2. The van der Waals surface area contributed by atoms with Gasteiger partial charge in [0.25, 0.3) is 0 Å². The molecule has 2 nitrogen and oxygen atoms in total. The summed E-state index contributed by atoms with van der Waals surface area (Å²) in [5.74, 6) is 0. The Kier molecular flexibility index (Phi) is 4.11. The Morgan fingerprint density at radius 2 is 1.44 bits per heavy atom. The van der Waals surface area contributed by atoms with Gasteiger partial charge in [0, 0.05) is 28.6 Å². The maximum absolute atomic E-state index is 5.93. The van der Waals surface area contributed by atoms with Gasteiger partial charge in [-0.15, -0.1) is 0 Å². The van der Waals surface area contributed by atoms with E-state index in [2.05, 4.69) is 11.8 Å². The van der Waals surface area contributed by atoms with Crippen LogP contribution in [0.25, 0.3) is 0 Å². The smallest absolute Gasteiger partial charge is 0.0412 e. The summed E-state index contributed by atoms with van der Waals surface area (Å²) in [5.41, 5.74) is 8.80. The molecule has 0 spiro atoms. The fraction of sp³-hybridized carbons (Fsp3) is 0.200. The van der Waals surface area contributed by atoms with Crippen molar-refractivity contribution in [2.45, 2.75) is 13.3 Å². The van der Waals surface area contributed by atoms with E-state index in [9.17, 15) is 0 Å². The lowest BCUT2D eigenvalue weighted by Crippen LogP contribution is -2.17. The van der Waals surface area contributed by atoms with E-state index in [4.69, 9.17) is 17.3 Å². The first-order valence-corrected chi connectivity index (χ1v) is 6.47. The number of hydrogen-bond acceptors (Lipinski definition) is 2. The van der Waals surface area contributed by atoms with Crippen LogP contribution in [0.2, 0.25) is 5.02 Å². The van der Waals surface area contributed by atoms with E-state index in [-0.39, 0.29) is 0 Å². The molecule has 2 aromatic carbocycles. The van der Waals surface area contributed by atoms with Crippen molar-refractivity contribution in [3.05, 3.63) is 53.6 Å². The van der Waals surface area contributed by atoms with Crippen LogP contribution >= 0.6 is 11.6 Å². The number of hydrogen-bond donors (Lipinski definition) is 1. The molecule has 0 amide bonds. The number of nitrogen functional groups attached to an aromatic ring is 1. The zero-order chi connectivity index (χ0) is 13.0. The number of benzene rings is 2. The second kappa shape index (κ2) is 5.78. The zero-order valence-corrected chi connectivity index (χ0v) is 11.2. The van der Waals surface area contributed by atoms with Crippen LogP contribution in [0.4, 0.5) is 17.1 Å². The van der Waals surface area contributed by atoms with Crippen molar-refractivity contribution in [2.75, 3.05) is 17.2 Å². The topological polar surface area (TPSA) is 29.3 Å². The van der Waals surface area contributed by atoms with Gasteiger partial charge in [0.05, 0.1) is 0 Å². The second-order valence-electron chi connectivity index (χ2n) is 4.22. The van der Waals surface area contributed by atoms with E-state index in [1.165, 1.54) is 0 Å². The fourth-order valence-corrected chi connectivity index (χ4v) is 2.03. The van der Waals surface area contributed by atoms with Crippen molar-refractivity contribution >= 4 is 28.7 Å². The molecule has 0 saturated heterocycles. The van der Waals surface area contributed by atoms with Crippen molar-refractivity contribution in [3.8, 4) is 0 Å². The van der Waals surface area contributed by atoms with Crippen LogP contribution in [0.3, 0.4) is 0 Å². The Labute approximate surface area is 113 Å². The van der Waals surface area contributed by atoms with Gasteiger partial charge in [-0.1, -0.05) is 18.5 Å². The van der Waals surface area contributed by atoms with Gasteiger partial charge in [-0.25, -0.2) is 0 Å². The Balaban J connectivity index is 2.33. The van der Waals surface area contributed by atoms with Crippen molar-refractivity contribution in [2.24, 2.45) is 0 Å². The number of halogens is 1. The van der Waals surface area contributed by atoms with Crippen LogP contribution in [0.1, 0.15) is 13.3 Å². The summed E-state index contributed by atoms with van der Waals surface area (Å²) >= 11 is 5.93. The minimum Gasteiger partial charge on any atom is -0.399 e.